The minimum Gasteiger partial charge on any atom is -0.444 e. The monoisotopic (exact) mass is 568 g/mol. The van der Waals surface area contributed by atoms with Crippen molar-refractivity contribution < 1.29 is 36.9 Å². The van der Waals surface area contributed by atoms with Gasteiger partial charge in [-0.2, -0.15) is 0 Å². The van der Waals surface area contributed by atoms with E-state index >= 15 is 0 Å². The average Bonchev–Trinajstić information content (AvgIpc) is 3.43. The van der Waals surface area contributed by atoms with Crippen LogP contribution in [0.15, 0.2) is 36.4 Å². The summed E-state index contributed by atoms with van der Waals surface area (Å²) in [6.45, 7) is 13.3. The number of methoxy groups -OCH3 is 1. The van der Waals surface area contributed by atoms with Gasteiger partial charge in [-0.1, -0.05) is 0 Å². The van der Waals surface area contributed by atoms with Crippen LogP contribution in [0.1, 0.15) is 65.5 Å². The van der Waals surface area contributed by atoms with Crippen LogP contribution < -0.4 is 0 Å². The number of amides is 1. The maximum absolute atomic E-state index is 13.5. The first-order valence-electron chi connectivity index (χ1n) is 13.3. The first kappa shape index (κ1) is 31.8. The molecular weight excluding hydrogens is 528 g/mol. The molecule has 222 valence electrons. The number of aliphatic hydroxyl groups is 1. The highest BCUT2D eigenvalue weighted by Crippen LogP contribution is 2.37. The topological polar surface area (TPSA) is 62.2 Å². The summed E-state index contributed by atoms with van der Waals surface area (Å²) >= 11 is 0. The Labute approximate surface area is 233 Å². The van der Waals surface area contributed by atoms with Crippen LogP contribution in [-0.4, -0.2) is 65.4 Å². The van der Waals surface area contributed by atoms with Crippen molar-refractivity contribution in [1.29, 1.82) is 0 Å². The molecule has 40 heavy (non-hydrogen) atoms. The molecule has 2 saturated heterocycles. The Morgan fingerprint density at radius 3 is 1.73 bits per heavy atom. The van der Waals surface area contributed by atoms with E-state index in [0.717, 1.165) is 18.7 Å². The molecule has 6 nitrogen and oxygen atoms in total. The second-order valence-corrected chi connectivity index (χ2v) is 12.5. The third kappa shape index (κ3) is 7.73. The number of rotatable bonds is 3. The highest BCUT2D eigenvalue weighted by molar-refractivity contribution is 5.68. The van der Waals surface area contributed by atoms with Gasteiger partial charge in [-0.05, 0) is 83.4 Å². The Morgan fingerprint density at radius 1 is 0.800 bits per heavy atom. The number of hydrogen-bond donors (Lipinski definition) is 1. The minimum absolute atomic E-state index is 0.0592. The van der Waals surface area contributed by atoms with Crippen LogP contribution in [0.3, 0.4) is 0 Å². The largest absolute Gasteiger partial charge is 0.444 e. The summed E-state index contributed by atoms with van der Waals surface area (Å²) in [5, 5.41) is 10.6. The van der Waals surface area contributed by atoms with E-state index in [4.69, 9.17) is 9.47 Å². The van der Waals surface area contributed by atoms with Gasteiger partial charge >= 0.3 is 6.09 Å². The number of halogens is 4. The van der Waals surface area contributed by atoms with E-state index < -0.39 is 46.2 Å². The average molecular weight is 569 g/mol. The summed E-state index contributed by atoms with van der Waals surface area (Å²) in [5.41, 5.74) is -2.02. The number of nitrogens with zero attached hydrogens (tertiary/aromatic N) is 2. The fraction of sp³-hybridized carbons (Fsp3) is 0.567. The summed E-state index contributed by atoms with van der Waals surface area (Å²) in [7, 11) is 1.47. The fourth-order valence-corrected chi connectivity index (χ4v) is 5.03. The number of benzene rings is 2. The molecule has 2 aromatic carbocycles. The lowest BCUT2D eigenvalue weighted by molar-refractivity contribution is -0.0134. The molecule has 2 aliphatic rings. The van der Waals surface area contributed by atoms with Gasteiger partial charge in [-0.15, -0.1) is 0 Å². The number of carbonyl (C=O) groups is 1. The maximum atomic E-state index is 13.5. The quantitative estimate of drug-likeness (QED) is 0.453. The van der Waals surface area contributed by atoms with Crippen LogP contribution in [0, 0.1) is 23.3 Å². The highest BCUT2D eigenvalue weighted by Gasteiger charge is 2.44. The molecular formula is C30H40F4N2O4. The third-order valence-electron chi connectivity index (χ3n) is 7.26. The molecule has 2 heterocycles. The Hall–Kier alpha value is -2.69. The van der Waals surface area contributed by atoms with Crippen molar-refractivity contribution in [3.8, 4) is 0 Å². The van der Waals surface area contributed by atoms with E-state index in [1.165, 1.54) is 36.3 Å². The second-order valence-electron chi connectivity index (χ2n) is 12.5. The van der Waals surface area contributed by atoms with Crippen molar-refractivity contribution in [1.82, 2.24) is 9.80 Å². The molecule has 0 bridgehead atoms. The van der Waals surface area contributed by atoms with Crippen molar-refractivity contribution in [2.75, 3.05) is 33.3 Å². The first-order chi connectivity index (χ1) is 18.4. The SMILES string of the molecule is CC(C)(C)N1CCC(O)(c2cc(F)cc(F)c2)C1.COC1(c2cc(F)cc(F)c2)CCN(C(=O)OC(C)(C)C)C1. The third-order valence-corrected chi connectivity index (χ3v) is 7.26. The van der Waals surface area contributed by atoms with Gasteiger partial charge in [0.05, 0.1) is 6.54 Å². The molecule has 2 aliphatic heterocycles. The number of likely N-dealkylation sites (tertiary alicyclic amines) is 2. The van der Waals surface area contributed by atoms with Crippen molar-refractivity contribution in [2.24, 2.45) is 0 Å². The molecule has 10 heteroatoms. The lowest BCUT2D eigenvalue weighted by atomic mass is 9.92. The van der Waals surface area contributed by atoms with Gasteiger partial charge in [-0.25, -0.2) is 22.4 Å². The molecule has 0 saturated carbocycles. The van der Waals surface area contributed by atoms with E-state index in [0.29, 0.717) is 37.1 Å². The van der Waals surface area contributed by atoms with Crippen molar-refractivity contribution >= 4 is 6.09 Å². The number of hydrogen-bond acceptors (Lipinski definition) is 5. The standard InChI is InChI=1S/C16H21F2NO3.C14H19F2NO/c1-15(2,3)22-14(20)19-6-5-16(10-19,21-4)11-7-12(17)9-13(18)8-11;1-13(2,3)17-5-4-14(18,9-17)10-6-11(15)8-12(16)7-10/h7-9H,5-6,10H2,1-4H3;6-8,18H,4-5,9H2,1-3H3. The van der Waals surface area contributed by atoms with Gasteiger partial charge in [-0.3, -0.25) is 4.90 Å². The number of β-amino-alcohol motifs (C(OH)–C–C–N with tert-alkyl or cyclic N) is 1. The summed E-state index contributed by atoms with van der Waals surface area (Å²) in [6.07, 6.45) is 0.488. The highest BCUT2D eigenvalue weighted by atomic mass is 19.1. The van der Waals surface area contributed by atoms with E-state index in [9.17, 15) is 27.5 Å². The van der Waals surface area contributed by atoms with Crippen LogP contribution >= 0.6 is 0 Å². The Balaban J connectivity index is 0.000000225. The van der Waals surface area contributed by atoms with E-state index in [1.54, 1.807) is 20.8 Å². The molecule has 0 spiro atoms. The lowest BCUT2D eigenvalue weighted by Gasteiger charge is -2.33. The molecule has 4 rings (SSSR count). The van der Waals surface area contributed by atoms with Gasteiger partial charge in [0.2, 0.25) is 0 Å². The summed E-state index contributed by atoms with van der Waals surface area (Å²) < 4.78 is 64.2. The van der Waals surface area contributed by atoms with Gasteiger partial charge in [0.25, 0.3) is 0 Å². The van der Waals surface area contributed by atoms with Gasteiger partial charge in [0, 0.05) is 50.8 Å². The van der Waals surface area contributed by atoms with Crippen molar-refractivity contribution in [2.45, 2.75) is 76.7 Å². The number of carbonyl (C=O) groups excluding carboxylic acids is 1. The van der Waals surface area contributed by atoms with E-state index in [2.05, 4.69) is 25.7 Å². The normalized spacial score (nSPS) is 23.6. The fourth-order valence-electron chi connectivity index (χ4n) is 5.03. The predicted molar refractivity (Wildman–Crippen MR) is 144 cm³/mol. The summed E-state index contributed by atoms with van der Waals surface area (Å²) in [4.78, 5) is 15.7. The molecule has 2 atom stereocenters. The lowest BCUT2D eigenvalue weighted by Crippen LogP contribution is -2.42. The molecule has 2 fully saturated rings. The van der Waals surface area contributed by atoms with Gasteiger partial charge in [0.1, 0.15) is 40.1 Å². The zero-order valence-electron chi connectivity index (χ0n) is 24.3. The molecule has 1 amide bonds. The Morgan fingerprint density at radius 2 is 1.30 bits per heavy atom. The molecule has 0 radical (unpaired) electrons. The van der Waals surface area contributed by atoms with Crippen LogP contribution in [-0.2, 0) is 20.7 Å². The zero-order chi connectivity index (χ0) is 30.1. The predicted octanol–water partition coefficient (Wildman–Crippen LogP) is 6.10. The summed E-state index contributed by atoms with van der Waals surface area (Å²) in [6, 6.07) is 6.55. The first-order valence-corrected chi connectivity index (χ1v) is 13.3. The van der Waals surface area contributed by atoms with Crippen LogP contribution in [0.4, 0.5) is 22.4 Å². The van der Waals surface area contributed by atoms with Crippen molar-refractivity contribution in [3.05, 3.63) is 70.8 Å². The number of ether oxygens (including phenoxy) is 2. The van der Waals surface area contributed by atoms with Crippen LogP contribution in [0.2, 0.25) is 0 Å². The van der Waals surface area contributed by atoms with Crippen LogP contribution in [0.25, 0.3) is 0 Å². The maximum Gasteiger partial charge on any atom is 0.410 e. The van der Waals surface area contributed by atoms with Crippen molar-refractivity contribution in [3.63, 3.8) is 0 Å². The van der Waals surface area contributed by atoms with Gasteiger partial charge < -0.3 is 19.5 Å². The molecule has 1 N–H and O–H groups in total. The Bertz CT molecular complexity index is 1170. The van der Waals surface area contributed by atoms with Crippen LogP contribution in [0.5, 0.6) is 0 Å². The zero-order valence-corrected chi connectivity index (χ0v) is 24.3. The second kappa shape index (κ2) is 11.7. The molecule has 2 aromatic rings. The summed E-state index contributed by atoms with van der Waals surface area (Å²) in [5.74, 6) is -2.62. The molecule has 0 aliphatic carbocycles. The minimum atomic E-state index is -1.16. The van der Waals surface area contributed by atoms with Gasteiger partial charge in [0.15, 0.2) is 0 Å². The van der Waals surface area contributed by atoms with E-state index in [1.807, 2.05) is 0 Å². The smallest absolute Gasteiger partial charge is 0.410 e. The Kier molecular flexibility index (Phi) is 9.28. The van der Waals surface area contributed by atoms with E-state index in [-0.39, 0.29) is 12.1 Å². The molecule has 2 unspecified atom stereocenters. The molecule has 0 aromatic heterocycles.